The van der Waals surface area contributed by atoms with Crippen molar-refractivity contribution in [3.05, 3.63) is 35.9 Å². The van der Waals surface area contributed by atoms with Gasteiger partial charge in [-0.3, -0.25) is 9.69 Å². The number of benzene rings is 1. The highest BCUT2D eigenvalue weighted by molar-refractivity contribution is 5.67. The van der Waals surface area contributed by atoms with Gasteiger partial charge in [0.2, 0.25) is 0 Å². The van der Waals surface area contributed by atoms with E-state index >= 15 is 0 Å². The van der Waals surface area contributed by atoms with Gasteiger partial charge < -0.3 is 10.4 Å². The van der Waals surface area contributed by atoms with Gasteiger partial charge in [0, 0.05) is 25.2 Å². The Labute approximate surface area is 114 Å². The molecule has 2 atom stereocenters. The Balaban J connectivity index is 2.12. The molecule has 1 saturated heterocycles. The molecule has 1 aromatic rings. The molecule has 1 aliphatic heterocycles. The molecule has 0 saturated carbocycles. The first-order valence-corrected chi connectivity index (χ1v) is 6.89. The van der Waals surface area contributed by atoms with Crippen LogP contribution >= 0.6 is 0 Å². The molecule has 4 heteroatoms. The average molecular weight is 262 g/mol. The molecule has 0 radical (unpaired) electrons. The molecule has 2 N–H and O–H groups in total. The van der Waals surface area contributed by atoms with Crippen molar-refractivity contribution in [2.75, 3.05) is 13.1 Å². The van der Waals surface area contributed by atoms with Crippen LogP contribution < -0.4 is 5.32 Å². The summed E-state index contributed by atoms with van der Waals surface area (Å²) in [7, 11) is 0. The molecular formula is C15H22N2O2. The third-order valence-corrected chi connectivity index (χ3v) is 3.77. The Morgan fingerprint density at radius 3 is 2.84 bits per heavy atom. The SMILES string of the molecule is CC1CCNCC(CC(=O)O)N1Cc1ccccc1. The zero-order valence-electron chi connectivity index (χ0n) is 11.4. The smallest absolute Gasteiger partial charge is 0.304 e. The third kappa shape index (κ3) is 4.04. The zero-order valence-corrected chi connectivity index (χ0v) is 11.4. The fraction of sp³-hybridized carbons (Fsp3) is 0.533. The van der Waals surface area contributed by atoms with Crippen LogP contribution in [0.4, 0.5) is 0 Å². The third-order valence-electron chi connectivity index (χ3n) is 3.77. The van der Waals surface area contributed by atoms with E-state index < -0.39 is 5.97 Å². The largest absolute Gasteiger partial charge is 0.481 e. The van der Waals surface area contributed by atoms with Crippen LogP contribution in [0.3, 0.4) is 0 Å². The summed E-state index contributed by atoms with van der Waals surface area (Å²) in [5.74, 6) is -0.723. The molecule has 1 aromatic carbocycles. The number of carbonyl (C=O) groups is 1. The second-order valence-electron chi connectivity index (χ2n) is 5.25. The van der Waals surface area contributed by atoms with Gasteiger partial charge in [-0.2, -0.15) is 0 Å². The molecule has 4 nitrogen and oxygen atoms in total. The minimum atomic E-state index is -0.723. The summed E-state index contributed by atoms with van der Waals surface area (Å²) < 4.78 is 0. The minimum Gasteiger partial charge on any atom is -0.481 e. The molecule has 2 unspecified atom stereocenters. The van der Waals surface area contributed by atoms with Crippen LogP contribution in [0.5, 0.6) is 0 Å². The highest BCUT2D eigenvalue weighted by atomic mass is 16.4. The number of nitrogens with zero attached hydrogens (tertiary/aromatic N) is 1. The van der Waals surface area contributed by atoms with E-state index in [-0.39, 0.29) is 12.5 Å². The lowest BCUT2D eigenvalue weighted by Gasteiger charge is -2.33. The summed E-state index contributed by atoms with van der Waals surface area (Å²) in [6.07, 6.45) is 1.26. The number of aliphatic carboxylic acids is 1. The highest BCUT2D eigenvalue weighted by Crippen LogP contribution is 2.18. The molecule has 1 fully saturated rings. The predicted molar refractivity (Wildman–Crippen MR) is 75.0 cm³/mol. The van der Waals surface area contributed by atoms with Crippen LogP contribution in [0.25, 0.3) is 0 Å². The van der Waals surface area contributed by atoms with E-state index in [0.29, 0.717) is 6.04 Å². The lowest BCUT2D eigenvalue weighted by molar-refractivity contribution is -0.138. The average Bonchev–Trinajstić information content (AvgIpc) is 2.55. The van der Waals surface area contributed by atoms with E-state index in [1.165, 1.54) is 5.56 Å². The summed E-state index contributed by atoms with van der Waals surface area (Å²) in [4.78, 5) is 13.4. The topological polar surface area (TPSA) is 52.6 Å². The van der Waals surface area contributed by atoms with Crippen molar-refractivity contribution >= 4 is 5.97 Å². The molecular weight excluding hydrogens is 240 g/mol. The van der Waals surface area contributed by atoms with Gasteiger partial charge in [-0.15, -0.1) is 0 Å². The van der Waals surface area contributed by atoms with E-state index in [9.17, 15) is 4.79 Å². The summed E-state index contributed by atoms with van der Waals surface area (Å²) in [5, 5.41) is 12.4. The summed E-state index contributed by atoms with van der Waals surface area (Å²) in [5.41, 5.74) is 1.24. The van der Waals surface area contributed by atoms with Gasteiger partial charge in [0.25, 0.3) is 0 Å². The Bertz CT molecular complexity index is 408. The van der Waals surface area contributed by atoms with E-state index in [1.807, 2.05) is 18.2 Å². The van der Waals surface area contributed by atoms with Crippen molar-refractivity contribution in [1.29, 1.82) is 0 Å². The first-order valence-electron chi connectivity index (χ1n) is 6.89. The van der Waals surface area contributed by atoms with E-state index in [2.05, 4.69) is 29.3 Å². The lowest BCUT2D eigenvalue weighted by Crippen LogP contribution is -2.44. The zero-order chi connectivity index (χ0) is 13.7. The number of hydrogen-bond acceptors (Lipinski definition) is 3. The van der Waals surface area contributed by atoms with Crippen molar-refractivity contribution in [3.8, 4) is 0 Å². The quantitative estimate of drug-likeness (QED) is 0.867. The first kappa shape index (κ1) is 14.0. The van der Waals surface area contributed by atoms with Gasteiger partial charge >= 0.3 is 5.97 Å². The molecule has 19 heavy (non-hydrogen) atoms. The Hall–Kier alpha value is -1.39. The molecule has 0 aliphatic carbocycles. The van der Waals surface area contributed by atoms with Gasteiger partial charge in [0.15, 0.2) is 0 Å². The van der Waals surface area contributed by atoms with E-state index in [0.717, 1.165) is 26.1 Å². The molecule has 1 heterocycles. The van der Waals surface area contributed by atoms with Crippen molar-refractivity contribution in [1.82, 2.24) is 10.2 Å². The van der Waals surface area contributed by atoms with E-state index in [4.69, 9.17) is 5.11 Å². The van der Waals surface area contributed by atoms with Gasteiger partial charge in [0.1, 0.15) is 0 Å². The maximum atomic E-state index is 11.0. The van der Waals surface area contributed by atoms with Crippen LogP contribution in [0.2, 0.25) is 0 Å². The highest BCUT2D eigenvalue weighted by Gasteiger charge is 2.27. The molecule has 0 spiro atoms. The number of hydrogen-bond donors (Lipinski definition) is 2. The van der Waals surface area contributed by atoms with Crippen LogP contribution in [-0.2, 0) is 11.3 Å². The van der Waals surface area contributed by atoms with Crippen LogP contribution in [0.15, 0.2) is 30.3 Å². The lowest BCUT2D eigenvalue weighted by atomic mass is 10.1. The molecule has 1 aliphatic rings. The van der Waals surface area contributed by atoms with Gasteiger partial charge in [-0.05, 0) is 25.5 Å². The molecule has 104 valence electrons. The normalized spacial score (nSPS) is 24.9. The maximum absolute atomic E-state index is 11.0. The minimum absolute atomic E-state index is 0.0650. The van der Waals surface area contributed by atoms with Crippen molar-refractivity contribution in [2.24, 2.45) is 0 Å². The standard InChI is InChI=1S/C15H22N2O2/c1-12-7-8-16-10-14(9-15(18)19)17(12)11-13-5-3-2-4-6-13/h2-6,12,14,16H,7-11H2,1H3,(H,18,19). The van der Waals surface area contributed by atoms with Crippen LogP contribution in [-0.4, -0.2) is 41.1 Å². The fourth-order valence-corrected chi connectivity index (χ4v) is 2.69. The number of carboxylic acids is 1. The molecule has 0 amide bonds. The van der Waals surface area contributed by atoms with Crippen molar-refractivity contribution in [2.45, 2.75) is 38.4 Å². The van der Waals surface area contributed by atoms with Crippen LogP contribution in [0.1, 0.15) is 25.3 Å². The Kier molecular flexibility index (Phi) is 4.93. The fourth-order valence-electron chi connectivity index (χ4n) is 2.69. The van der Waals surface area contributed by atoms with Gasteiger partial charge in [0.05, 0.1) is 6.42 Å². The molecule has 2 rings (SSSR count). The maximum Gasteiger partial charge on any atom is 0.304 e. The predicted octanol–water partition coefficient (Wildman–Crippen LogP) is 1.71. The Morgan fingerprint density at radius 2 is 2.16 bits per heavy atom. The van der Waals surface area contributed by atoms with Gasteiger partial charge in [-0.25, -0.2) is 0 Å². The molecule has 0 aromatic heterocycles. The Morgan fingerprint density at radius 1 is 1.42 bits per heavy atom. The number of rotatable bonds is 4. The molecule has 0 bridgehead atoms. The van der Waals surface area contributed by atoms with Gasteiger partial charge in [-0.1, -0.05) is 30.3 Å². The second kappa shape index (κ2) is 6.68. The summed E-state index contributed by atoms with van der Waals surface area (Å²) >= 11 is 0. The van der Waals surface area contributed by atoms with Crippen molar-refractivity contribution in [3.63, 3.8) is 0 Å². The van der Waals surface area contributed by atoms with Crippen LogP contribution in [0, 0.1) is 0 Å². The van der Waals surface area contributed by atoms with Crippen molar-refractivity contribution < 1.29 is 9.90 Å². The number of carboxylic acid groups (broad SMARTS) is 1. The summed E-state index contributed by atoms with van der Waals surface area (Å²) in [6, 6.07) is 10.7. The first-order chi connectivity index (χ1) is 9.16. The van der Waals surface area contributed by atoms with E-state index in [1.54, 1.807) is 0 Å². The number of nitrogens with one attached hydrogen (secondary N) is 1. The monoisotopic (exact) mass is 262 g/mol. The second-order valence-corrected chi connectivity index (χ2v) is 5.25. The summed E-state index contributed by atoms with van der Waals surface area (Å²) in [6.45, 7) is 4.72.